The maximum Gasteiger partial charge on any atom is 0.309 e. The van der Waals surface area contributed by atoms with Gasteiger partial charge in [0, 0.05) is 12.5 Å². The van der Waals surface area contributed by atoms with Gasteiger partial charge in [-0.25, -0.2) is 0 Å². The molecule has 1 rings (SSSR count). The Morgan fingerprint density at radius 2 is 1.88 bits per heavy atom. The van der Waals surface area contributed by atoms with E-state index < -0.39 is 48.1 Å². The van der Waals surface area contributed by atoms with E-state index in [4.69, 9.17) is 10.8 Å². The molecule has 0 bridgehead atoms. The molecule has 26 heavy (non-hydrogen) atoms. The molecule has 4 amide bonds. The van der Waals surface area contributed by atoms with Crippen molar-refractivity contribution in [1.29, 1.82) is 0 Å². The van der Waals surface area contributed by atoms with E-state index >= 15 is 0 Å². The van der Waals surface area contributed by atoms with Gasteiger partial charge in [0.25, 0.3) is 0 Å². The van der Waals surface area contributed by atoms with Crippen LogP contribution >= 0.6 is 0 Å². The highest BCUT2D eigenvalue weighted by molar-refractivity contribution is 6.34. The lowest BCUT2D eigenvalue weighted by Crippen LogP contribution is -2.54. The van der Waals surface area contributed by atoms with Crippen LogP contribution in [0, 0.1) is 11.8 Å². The Labute approximate surface area is 151 Å². The van der Waals surface area contributed by atoms with Gasteiger partial charge in [0.15, 0.2) is 5.78 Å². The van der Waals surface area contributed by atoms with E-state index in [9.17, 15) is 24.0 Å². The normalized spacial score (nSPS) is 18.8. The Bertz CT molecular complexity index is 577. The fourth-order valence-corrected chi connectivity index (χ4v) is 2.74. The predicted molar refractivity (Wildman–Crippen MR) is 90.3 cm³/mol. The number of rotatable bonds is 9. The quantitative estimate of drug-likeness (QED) is 0.283. The third kappa shape index (κ3) is 6.43. The van der Waals surface area contributed by atoms with Gasteiger partial charge >= 0.3 is 11.8 Å². The van der Waals surface area contributed by atoms with Crippen molar-refractivity contribution in [2.24, 2.45) is 17.6 Å². The van der Waals surface area contributed by atoms with Crippen LogP contribution < -0.4 is 21.7 Å². The predicted octanol–water partition coefficient (Wildman–Crippen LogP) is -2.42. The van der Waals surface area contributed by atoms with Crippen molar-refractivity contribution in [3.8, 4) is 0 Å². The van der Waals surface area contributed by atoms with Crippen LogP contribution in [0.5, 0.6) is 0 Å². The molecule has 1 aliphatic rings. The lowest BCUT2D eigenvalue weighted by molar-refractivity contribution is -0.139. The first kappa shape index (κ1) is 21.6. The number of hydrogen-bond donors (Lipinski definition) is 5. The summed E-state index contributed by atoms with van der Waals surface area (Å²) in [7, 11) is 0. The second-order valence-corrected chi connectivity index (χ2v) is 6.72. The minimum Gasteiger partial charge on any atom is -0.389 e. The van der Waals surface area contributed by atoms with Crippen LogP contribution in [0.4, 0.5) is 0 Å². The molecule has 6 N–H and O–H groups in total. The third-order valence-electron chi connectivity index (χ3n) is 4.10. The molecule has 0 aromatic rings. The zero-order valence-corrected chi connectivity index (χ0v) is 14.9. The maximum atomic E-state index is 12.5. The average Bonchev–Trinajstić information content (AvgIpc) is 2.97. The lowest BCUT2D eigenvalue weighted by atomic mass is 9.95. The minimum atomic E-state index is -1.22. The van der Waals surface area contributed by atoms with Crippen molar-refractivity contribution in [2.45, 2.75) is 45.2 Å². The number of carbonyl (C=O) groups excluding carboxylic acids is 5. The standard InChI is InChI=1S/C16H26N4O6/c1-8(2)5-11(20-16(26)13(17)23)15(25)19-10(12(22)7-21)6-9-3-4-18-14(9)24/h8-11,21H,3-7H2,1-2H3,(H2,17,23)(H,18,24)(H,19,25)(H,20,26). The van der Waals surface area contributed by atoms with Crippen LogP contribution in [0.2, 0.25) is 0 Å². The van der Waals surface area contributed by atoms with Crippen molar-refractivity contribution < 1.29 is 29.1 Å². The Kier molecular flexibility index (Phi) is 8.17. The Hall–Kier alpha value is -2.49. The zero-order valence-electron chi connectivity index (χ0n) is 14.9. The first-order chi connectivity index (χ1) is 12.1. The number of ketones is 1. The Morgan fingerprint density at radius 1 is 1.23 bits per heavy atom. The molecule has 1 saturated heterocycles. The summed E-state index contributed by atoms with van der Waals surface area (Å²) in [4.78, 5) is 58.6. The summed E-state index contributed by atoms with van der Waals surface area (Å²) < 4.78 is 0. The third-order valence-corrected chi connectivity index (χ3v) is 4.10. The molecule has 0 radical (unpaired) electrons. The second kappa shape index (κ2) is 9.85. The maximum absolute atomic E-state index is 12.5. The fraction of sp³-hybridized carbons (Fsp3) is 0.688. The summed E-state index contributed by atoms with van der Waals surface area (Å²) in [6.07, 6.45) is 0.793. The molecule has 3 atom stereocenters. The number of carbonyl (C=O) groups is 5. The van der Waals surface area contributed by atoms with Gasteiger partial charge in [0.1, 0.15) is 12.6 Å². The van der Waals surface area contributed by atoms with Gasteiger partial charge in [-0.3, -0.25) is 24.0 Å². The first-order valence-corrected chi connectivity index (χ1v) is 8.47. The van der Waals surface area contributed by atoms with Gasteiger partial charge in [-0.15, -0.1) is 0 Å². The largest absolute Gasteiger partial charge is 0.389 e. The van der Waals surface area contributed by atoms with Gasteiger partial charge in [-0.2, -0.15) is 0 Å². The zero-order chi connectivity index (χ0) is 19.9. The van der Waals surface area contributed by atoms with Gasteiger partial charge in [0.05, 0.1) is 6.04 Å². The molecule has 0 aromatic heterocycles. The van der Waals surface area contributed by atoms with Crippen LogP contribution in [0.25, 0.3) is 0 Å². The molecule has 0 aliphatic carbocycles. The first-order valence-electron chi connectivity index (χ1n) is 8.47. The monoisotopic (exact) mass is 370 g/mol. The fourth-order valence-electron chi connectivity index (χ4n) is 2.74. The number of hydrogen-bond acceptors (Lipinski definition) is 6. The van der Waals surface area contributed by atoms with E-state index in [0.717, 1.165) is 0 Å². The van der Waals surface area contributed by atoms with E-state index in [1.807, 2.05) is 13.8 Å². The molecule has 10 heteroatoms. The lowest BCUT2D eigenvalue weighted by Gasteiger charge is -2.24. The van der Waals surface area contributed by atoms with Crippen molar-refractivity contribution in [1.82, 2.24) is 16.0 Å². The minimum absolute atomic E-state index is 0.00605. The van der Waals surface area contributed by atoms with E-state index in [1.54, 1.807) is 0 Å². The van der Waals surface area contributed by atoms with Crippen LogP contribution in [0.15, 0.2) is 0 Å². The number of nitrogens with one attached hydrogen (secondary N) is 3. The highest BCUT2D eigenvalue weighted by Crippen LogP contribution is 2.17. The van der Waals surface area contributed by atoms with Gasteiger partial charge in [-0.05, 0) is 25.2 Å². The summed E-state index contributed by atoms with van der Waals surface area (Å²) in [5.74, 6) is -4.30. The average molecular weight is 370 g/mol. The number of Topliss-reactive ketones (excluding diaryl/α,β-unsaturated/α-hetero) is 1. The summed E-state index contributed by atoms with van der Waals surface area (Å²) >= 11 is 0. The number of nitrogens with two attached hydrogens (primary N) is 1. The molecule has 10 nitrogen and oxygen atoms in total. The molecule has 146 valence electrons. The van der Waals surface area contributed by atoms with Crippen LogP contribution in [0.1, 0.15) is 33.1 Å². The molecule has 1 heterocycles. The van der Waals surface area contributed by atoms with E-state index in [-0.39, 0.29) is 24.7 Å². The van der Waals surface area contributed by atoms with Gasteiger partial charge in [0.2, 0.25) is 11.8 Å². The molecule has 0 spiro atoms. The molecule has 0 aromatic carbocycles. The molecular weight excluding hydrogens is 344 g/mol. The van der Waals surface area contributed by atoms with E-state index in [2.05, 4.69) is 16.0 Å². The SMILES string of the molecule is CC(C)CC(NC(=O)C(N)=O)C(=O)NC(CC1CCNC1=O)C(=O)CO. The van der Waals surface area contributed by atoms with Crippen molar-refractivity contribution >= 4 is 29.4 Å². The number of aliphatic hydroxyl groups is 1. The summed E-state index contributed by atoms with van der Waals surface area (Å²) in [6, 6.07) is -2.14. The van der Waals surface area contributed by atoms with Crippen molar-refractivity contribution in [3.05, 3.63) is 0 Å². The summed E-state index contributed by atoms with van der Waals surface area (Å²) in [5, 5.41) is 16.5. The molecular formula is C16H26N4O6. The number of primary amides is 1. The molecule has 0 saturated carbocycles. The van der Waals surface area contributed by atoms with Crippen LogP contribution in [-0.2, 0) is 24.0 Å². The molecule has 1 aliphatic heterocycles. The number of aliphatic hydroxyl groups excluding tert-OH is 1. The highest BCUT2D eigenvalue weighted by Gasteiger charge is 2.33. The number of amides is 4. The highest BCUT2D eigenvalue weighted by atomic mass is 16.3. The van der Waals surface area contributed by atoms with Crippen molar-refractivity contribution in [3.63, 3.8) is 0 Å². The summed E-state index contributed by atoms with van der Waals surface area (Å²) in [5.41, 5.74) is 4.90. The Balaban J connectivity index is 2.84. The molecule has 1 fully saturated rings. The summed E-state index contributed by atoms with van der Waals surface area (Å²) in [6.45, 7) is 3.33. The second-order valence-electron chi connectivity index (χ2n) is 6.72. The topological polar surface area (TPSA) is 168 Å². The van der Waals surface area contributed by atoms with E-state index in [0.29, 0.717) is 13.0 Å². The van der Waals surface area contributed by atoms with E-state index in [1.165, 1.54) is 0 Å². The van der Waals surface area contributed by atoms with Crippen LogP contribution in [0.3, 0.4) is 0 Å². The molecule has 3 unspecified atom stereocenters. The van der Waals surface area contributed by atoms with Gasteiger partial charge < -0.3 is 26.8 Å². The Morgan fingerprint density at radius 3 is 2.35 bits per heavy atom. The smallest absolute Gasteiger partial charge is 0.309 e. The van der Waals surface area contributed by atoms with Crippen LogP contribution in [-0.4, -0.2) is 59.8 Å². The van der Waals surface area contributed by atoms with Crippen molar-refractivity contribution in [2.75, 3.05) is 13.2 Å². The van der Waals surface area contributed by atoms with Gasteiger partial charge in [-0.1, -0.05) is 13.8 Å².